The second-order valence-electron chi connectivity index (χ2n) is 6.49. The molecule has 116 valence electrons. The predicted molar refractivity (Wildman–Crippen MR) is 88.1 cm³/mol. The lowest BCUT2D eigenvalue weighted by atomic mass is 10.0. The number of nitrogens with zero attached hydrogens (tertiary/aromatic N) is 1. The first kappa shape index (κ1) is 15.0. The SMILES string of the molecule is CCc1sc(C(=O)N2CCC(NCC3CC3)CC2)cc1C. The molecule has 1 N–H and O–H groups in total. The fraction of sp³-hybridized carbons (Fsp3) is 0.706. The summed E-state index contributed by atoms with van der Waals surface area (Å²) in [5.41, 5.74) is 1.27. The molecule has 1 aliphatic heterocycles. The van der Waals surface area contributed by atoms with E-state index in [9.17, 15) is 4.79 Å². The topological polar surface area (TPSA) is 32.3 Å². The van der Waals surface area contributed by atoms with Crippen molar-refractivity contribution in [1.29, 1.82) is 0 Å². The molecule has 0 spiro atoms. The quantitative estimate of drug-likeness (QED) is 0.906. The first-order chi connectivity index (χ1) is 10.2. The van der Waals surface area contributed by atoms with E-state index in [1.807, 2.05) is 4.90 Å². The number of hydrogen-bond acceptors (Lipinski definition) is 3. The number of piperidine rings is 1. The molecule has 1 aromatic heterocycles. The van der Waals surface area contributed by atoms with Crippen LogP contribution in [-0.2, 0) is 6.42 Å². The average molecular weight is 306 g/mol. The fourth-order valence-corrected chi connectivity index (χ4v) is 4.16. The molecule has 3 rings (SSSR count). The van der Waals surface area contributed by atoms with Gasteiger partial charge >= 0.3 is 0 Å². The lowest BCUT2D eigenvalue weighted by molar-refractivity contribution is 0.0710. The minimum absolute atomic E-state index is 0.239. The molecule has 0 aromatic carbocycles. The molecule has 21 heavy (non-hydrogen) atoms. The minimum Gasteiger partial charge on any atom is -0.338 e. The Morgan fingerprint density at radius 3 is 2.62 bits per heavy atom. The van der Waals surface area contributed by atoms with Gasteiger partial charge in [0, 0.05) is 24.0 Å². The van der Waals surface area contributed by atoms with Gasteiger partial charge in [-0.15, -0.1) is 11.3 Å². The van der Waals surface area contributed by atoms with Crippen molar-refractivity contribution in [2.75, 3.05) is 19.6 Å². The van der Waals surface area contributed by atoms with Gasteiger partial charge in [0.2, 0.25) is 0 Å². The van der Waals surface area contributed by atoms with Crippen molar-refractivity contribution < 1.29 is 4.79 Å². The fourth-order valence-electron chi connectivity index (χ4n) is 3.07. The lowest BCUT2D eigenvalue weighted by Gasteiger charge is -2.32. The zero-order valence-corrected chi connectivity index (χ0v) is 14.0. The van der Waals surface area contributed by atoms with E-state index < -0.39 is 0 Å². The Hall–Kier alpha value is -0.870. The van der Waals surface area contributed by atoms with E-state index in [0.717, 1.165) is 43.1 Å². The van der Waals surface area contributed by atoms with E-state index in [4.69, 9.17) is 0 Å². The van der Waals surface area contributed by atoms with Gasteiger partial charge in [0.25, 0.3) is 5.91 Å². The van der Waals surface area contributed by atoms with Gasteiger partial charge in [0.1, 0.15) is 0 Å². The maximum absolute atomic E-state index is 12.6. The maximum Gasteiger partial charge on any atom is 0.263 e. The molecule has 0 unspecified atom stereocenters. The number of carbonyl (C=O) groups excluding carboxylic acids is 1. The Morgan fingerprint density at radius 1 is 1.33 bits per heavy atom. The summed E-state index contributed by atoms with van der Waals surface area (Å²) < 4.78 is 0. The Balaban J connectivity index is 1.51. The van der Waals surface area contributed by atoms with Gasteiger partial charge < -0.3 is 10.2 Å². The third-order valence-corrected chi connectivity index (χ3v) is 6.10. The molecule has 1 aliphatic carbocycles. The van der Waals surface area contributed by atoms with Crippen LogP contribution >= 0.6 is 11.3 Å². The third kappa shape index (κ3) is 3.67. The van der Waals surface area contributed by atoms with Crippen LogP contribution in [0.4, 0.5) is 0 Å². The molecule has 1 aromatic rings. The van der Waals surface area contributed by atoms with Crippen LogP contribution in [0.3, 0.4) is 0 Å². The van der Waals surface area contributed by atoms with E-state index in [1.165, 1.54) is 29.8 Å². The summed E-state index contributed by atoms with van der Waals surface area (Å²) in [5, 5.41) is 3.67. The molecule has 1 amide bonds. The summed E-state index contributed by atoms with van der Waals surface area (Å²) in [6, 6.07) is 2.69. The van der Waals surface area contributed by atoms with Crippen LogP contribution in [0.25, 0.3) is 0 Å². The van der Waals surface area contributed by atoms with Crippen molar-refractivity contribution in [3.63, 3.8) is 0 Å². The van der Waals surface area contributed by atoms with Crippen LogP contribution in [0.5, 0.6) is 0 Å². The number of amides is 1. The summed E-state index contributed by atoms with van der Waals surface area (Å²) in [7, 11) is 0. The van der Waals surface area contributed by atoms with Gasteiger partial charge in [0.05, 0.1) is 4.88 Å². The first-order valence-electron chi connectivity index (χ1n) is 8.29. The lowest BCUT2D eigenvalue weighted by Crippen LogP contribution is -2.45. The highest BCUT2D eigenvalue weighted by Gasteiger charge is 2.27. The standard InChI is InChI=1S/C17H26N2OS/c1-3-15-12(2)10-16(21-15)17(20)19-8-6-14(7-9-19)18-11-13-4-5-13/h10,13-14,18H,3-9,11H2,1-2H3. The Kier molecular flexibility index (Phi) is 4.65. The number of carbonyl (C=O) groups is 1. The minimum atomic E-state index is 0.239. The normalized spacial score (nSPS) is 20.0. The van der Waals surface area contributed by atoms with Crippen LogP contribution < -0.4 is 5.32 Å². The predicted octanol–water partition coefficient (Wildman–Crippen LogP) is 3.22. The molecule has 0 radical (unpaired) electrons. The summed E-state index contributed by atoms with van der Waals surface area (Å²) in [4.78, 5) is 16.9. The number of hydrogen-bond donors (Lipinski definition) is 1. The van der Waals surface area contributed by atoms with Gasteiger partial charge in [-0.2, -0.15) is 0 Å². The maximum atomic E-state index is 12.6. The van der Waals surface area contributed by atoms with Crippen molar-refractivity contribution in [2.24, 2.45) is 5.92 Å². The summed E-state index contributed by atoms with van der Waals surface area (Å²) in [5.74, 6) is 1.18. The van der Waals surface area contributed by atoms with Crippen molar-refractivity contribution in [2.45, 2.75) is 52.0 Å². The third-order valence-electron chi connectivity index (χ3n) is 4.73. The molecule has 2 heterocycles. The van der Waals surface area contributed by atoms with E-state index in [1.54, 1.807) is 11.3 Å². The number of thiophene rings is 1. The van der Waals surface area contributed by atoms with E-state index >= 15 is 0 Å². The van der Waals surface area contributed by atoms with Crippen LogP contribution in [0.1, 0.15) is 52.7 Å². The van der Waals surface area contributed by atoms with Crippen LogP contribution in [-0.4, -0.2) is 36.5 Å². The molecular weight excluding hydrogens is 280 g/mol. The molecule has 1 saturated heterocycles. The first-order valence-corrected chi connectivity index (χ1v) is 9.11. The van der Waals surface area contributed by atoms with Gasteiger partial charge in [-0.1, -0.05) is 6.92 Å². The van der Waals surface area contributed by atoms with Gasteiger partial charge in [0.15, 0.2) is 0 Å². The summed E-state index contributed by atoms with van der Waals surface area (Å²) in [6.07, 6.45) is 6.04. The second kappa shape index (κ2) is 6.49. The van der Waals surface area contributed by atoms with Gasteiger partial charge in [-0.3, -0.25) is 4.79 Å². The highest BCUT2D eigenvalue weighted by Crippen LogP contribution is 2.28. The second-order valence-corrected chi connectivity index (χ2v) is 7.63. The highest BCUT2D eigenvalue weighted by molar-refractivity contribution is 7.14. The number of aryl methyl sites for hydroxylation is 2. The Morgan fingerprint density at radius 2 is 2.05 bits per heavy atom. The number of nitrogens with one attached hydrogen (secondary N) is 1. The molecular formula is C17H26N2OS. The zero-order valence-electron chi connectivity index (χ0n) is 13.2. The number of rotatable bonds is 5. The smallest absolute Gasteiger partial charge is 0.263 e. The molecule has 3 nitrogen and oxygen atoms in total. The van der Waals surface area contributed by atoms with Crippen molar-refractivity contribution in [3.05, 3.63) is 21.4 Å². The van der Waals surface area contributed by atoms with Crippen molar-refractivity contribution >= 4 is 17.2 Å². The monoisotopic (exact) mass is 306 g/mol. The molecule has 4 heteroatoms. The summed E-state index contributed by atoms with van der Waals surface area (Å²) >= 11 is 1.68. The summed E-state index contributed by atoms with van der Waals surface area (Å²) in [6.45, 7) is 7.26. The van der Waals surface area contributed by atoms with Crippen LogP contribution in [0.2, 0.25) is 0 Å². The van der Waals surface area contributed by atoms with E-state index in [-0.39, 0.29) is 5.91 Å². The molecule has 0 bridgehead atoms. The molecule has 2 fully saturated rings. The molecule has 0 atom stereocenters. The van der Waals surface area contributed by atoms with Crippen molar-refractivity contribution in [3.8, 4) is 0 Å². The number of likely N-dealkylation sites (tertiary alicyclic amines) is 1. The molecule has 2 aliphatic rings. The van der Waals surface area contributed by atoms with Crippen molar-refractivity contribution in [1.82, 2.24) is 10.2 Å². The van der Waals surface area contributed by atoms with Gasteiger partial charge in [-0.05, 0) is 63.1 Å². The van der Waals surface area contributed by atoms with E-state index in [0.29, 0.717) is 6.04 Å². The average Bonchev–Trinajstić information content (AvgIpc) is 3.26. The van der Waals surface area contributed by atoms with Crippen LogP contribution in [0, 0.1) is 12.8 Å². The van der Waals surface area contributed by atoms with Crippen LogP contribution in [0.15, 0.2) is 6.07 Å². The Labute approximate surface area is 131 Å². The highest BCUT2D eigenvalue weighted by atomic mass is 32.1. The van der Waals surface area contributed by atoms with Gasteiger partial charge in [-0.25, -0.2) is 0 Å². The Bertz CT molecular complexity index is 499. The zero-order chi connectivity index (χ0) is 14.8. The van der Waals surface area contributed by atoms with E-state index in [2.05, 4.69) is 25.2 Å². The largest absolute Gasteiger partial charge is 0.338 e. The molecule has 1 saturated carbocycles.